The van der Waals surface area contributed by atoms with Crippen LogP contribution in [0.1, 0.15) is 17.3 Å². The predicted molar refractivity (Wildman–Crippen MR) is 117 cm³/mol. The number of carbonyl (C=O) groups is 2. The van der Waals surface area contributed by atoms with Gasteiger partial charge in [0.2, 0.25) is 0 Å². The summed E-state index contributed by atoms with van der Waals surface area (Å²) < 4.78 is 4.85. The van der Waals surface area contributed by atoms with Gasteiger partial charge in [0, 0.05) is 22.5 Å². The second kappa shape index (κ2) is 8.48. The minimum absolute atomic E-state index is 0.274. The van der Waals surface area contributed by atoms with Gasteiger partial charge < -0.3 is 15.0 Å². The number of hydrogen-bond acceptors (Lipinski definition) is 4. The summed E-state index contributed by atoms with van der Waals surface area (Å²) >= 11 is 0. The second-order valence-corrected chi connectivity index (χ2v) is 6.56. The monoisotopic (exact) mass is 400 g/mol. The fourth-order valence-electron chi connectivity index (χ4n) is 3.03. The fourth-order valence-corrected chi connectivity index (χ4v) is 3.03. The lowest BCUT2D eigenvalue weighted by atomic mass is 10.1. The van der Waals surface area contributed by atoms with Crippen LogP contribution in [0.2, 0.25) is 0 Å². The van der Waals surface area contributed by atoms with E-state index in [9.17, 15) is 9.59 Å². The topological polar surface area (TPSA) is 96.1 Å². The first-order chi connectivity index (χ1) is 14.6. The first-order valence-corrected chi connectivity index (χ1v) is 9.53. The summed E-state index contributed by atoms with van der Waals surface area (Å²) in [5, 5.41) is 5.44. The van der Waals surface area contributed by atoms with Gasteiger partial charge in [-0.25, -0.2) is 9.78 Å². The zero-order valence-corrected chi connectivity index (χ0v) is 16.3. The Labute approximate surface area is 173 Å². The van der Waals surface area contributed by atoms with Crippen LogP contribution >= 0.6 is 0 Å². The van der Waals surface area contributed by atoms with E-state index in [1.54, 1.807) is 31.2 Å². The molecule has 3 N–H and O–H groups in total. The van der Waals surface area contributed by atoms with Gasteiger partial charge in [-0.15, -0.1) is 0 Å². The van der Waals surface area contributed by atoms with E-state index in [1.807, 2.05) is 48.5 Å². The summed E-state index contributed by atoms with van der Waals surface area (Å²) in [4.78, 5) is 32.0. The molecule has 0 radical (unpaired) electrons. The van der Waals surface area contributed by atoms with Gasteiger partial charge in [-0.3, -0.25) is 10.1 Å². The van der Waals surface area contributed by atoms with E-state index in [1.165, 1.54) is 0 Å². The molecule has 0 aliphatic heterocycles. The van der Waals surface area contributed by atoms with Gasteiger partial charge in [0.1, 0.15) is 5.82 Å². The molecule has 1 heterocycles. The molecule has 0 unspecified atom stereocenters. The molecule has 0 bridgehead atoms. The van der Waals surface area contributed by atoms with Crippen molar-refractivity contribution in [2.24, 2.45) is 0 Å². The van der Waals surface area contributed by atoms with E-state index >= 15 is 0 Å². The molecule has 0 fully saturated rings. The summed E-state index contributed by atoms with van der Waals surface area (Å²) in [7, 11) is 0. The molecule has 7 heteroatoms. The fraction of sp³-hybridized carbons (Fsp3) is 0.0870. The Morgan fingerprint density at radius 2 is 1.73 bits per heavy atom. The summed E-state index contributed by atoms with van der Waals surface area (Å²) in [6.45, 7) is 2.00. The molecule has 0 atom stereocenters. The number of H-pyrrole nitrogens is 1. The van der Waals surface area contributed by atoms with Crippen LogP contribution in [-0.2, 0) is 4.74 Å². The van der Waals surface area contributed by atoms with E-state index in [-0.39, 0.29) is 12.5 Å². The van der Waals surface area contributed by atoms with Crippen molar-refractivity contribution in [2.45, 2.75) is 6.92 Å². The molecule has 0 aliphatic carbocycles. The Bertz CT molecular complexity index is 1170. The lowest BCUT2D eigenvalue weighted by Gasteiger charge is -2.09. The lowest BCUT2D eigenvalue weighted by Crippen LogP contribution is -2.15. The average molecular weight is 400 g/mol. The molecule has 150 valence electrons. The molecular formula is C23H20N4O3. The van der Waals surface area contributed by atoms with Crippen molar-refractivity contribution in [1.82, 2.24) is 9.97 Å². The minimum Gasteiger partial charge on any atom is -0.450 e. The van der Waals surface area contributed by atoms with Crippen LogP contribution in [0.4, 0.5) is 16.2 Å². The third kappa shape index (κ3) is 4.30. The number of nitrogens with one attached hydrogen (secondary N) is 3. The number of rotatable bonds is 5. The van der Waals surface area contributed by atoms with E-state index in [2.05, 4.69) is 20.6 Å². The molecular weight excluding hydrogens is 380 g/mol. The molecule has 30 heavy (non-hydrogen) atoms. The Balaban J connectivity index is 1.45. The zero-order valence-electron chi connectivity index (χ0n) is 16.3. The van der Waals surface area contributed by atoms with Crippen LogP contribution in [0.5, 0.6) is 0 Å². The summed E-state index contributed by atoms with van der Waals surface area (Å²) in [5.41, 5.74) is 4.36. The number of anilines is 2. The number of nitrogens with zero attached hydrogens (tertiary/aromatic N) is 1. The van der Waals surface area contributed by atoms with Crippen molar-refractivity contribution in [3.8, 4) is 11.4 Å². The maximum Gasteiger partial charge on any atom is 0.411 e. The summed E-state index contributed by atoms with van der Waals surface area (Å²) in [6, 6.07) is 21.9. The van der Waals surface area contributed by atoms with Crippen LogP contribution < -0.4 is 10.6 Å². The number of imidazole rings is 1. The minimum atomic E-state index is -0.559. The first kappa shape index (κ1) is 19.2. The van der Waals surface area contributed by atoms with Crippen LogP contribution in [0, 0.1) is 0 Å². The second-order valence-electron chi connectivity index (χ2n) is 6.56. The number of aromatic nitrogens is 2. The number of fused-ring (bicyclic) bond motifs is 1. The van der Waals surface area contributed by atoms with Gasteiger partial charge in [-0.2, -0.15) is 0 Å². The number of ether oxygens (including phenoxy) is 1. The van der Waals surface area contributed by atoms with Gasteiger partial charge >= 0.3 is 6.09 Å². The highest BCUT2D eigenvalue weighted by atomic mass is 16.5. The van der Waals surface area contributed by atoms with E-state index < -0.39 is 6.09 Å². The normalized spacial score (nSPS) is 10.6. The predicted octanol–water partition coefficient (Wildman–Crippen LogP) is 5.05. The van der Waals surface area contributed by atoms with Gasteiger partial charge in [-0.1, -0.05) is 18.2 Å². The number of amides is 2. The largest absolute Gasteiger partial charge is 0.450 e. The number of carbonyl (C=O) groups excluding carboxylic acids is 2. The van der Waals surface area contributed by atoms with Gasteiger partial charge in [0.25, 0.3) is 5.91 Å². The Morgan fingerprint density at radius 3 is 2.50 bits per heavy atom. The maximum absolute atomic E-state index is 12.6. The highest BCUT2D eigenvalue weighted by Crippen LogP contribution is 2.22. The summed E-state index contributed by atoms with van der Waals surface area (Å²) in [6.07, 6.45) is -0.559. The van der Waals surface area contributed by atoms with Crippen molar-refractivity contribution in [2.75, 3.05) is 17.2 Å². The third-order valence-corrected chi connectivity index (χ3v) is 4.45. The third-order valence-electron chi connectivity index (χ3n) is 4.45. The molecule has 1 aromatic heterocycles. The summed E-state index contributed by atoms with van der Waals surface area (Å²) in [5.74, 6) is 0.491. The molecule has 0 spiro atoms. The Morgan fingerprint density at radius 1 is 0.933 bits per heavy atom. The van der Waals surface area contributed by atoms with Crippen molar-refractivity contribution >= 4 is 34.4 Å². The van der Waals surface area contributed by atoms with E-state index in [0.717, 1.165) is 22.4 Å². The zero-order chi connectivity index (χ0) is 20.9. The molecule has 3 aromatic carbocycles. The quantitative estimate of drug-likeness (QED) is 0.437. The van der Waals surface area contributed by atoms with Crippen LogP contribution in [0.3, 0.4) is 0 Å². The van der Waals surface area contributed by atoms with Crippen LogP contribution in [0.15, 0.2) is 72.8 Å². The SMILES string of the molecule is CCOC(=O)Nc1cccc(C(=O)Nc2ccc(-c3nc4ccccc4[nH]3)cc2)c1. The standard InChI is InChI=1S/C23H20N4O3/c1-2-30-23(29)25-18-7-5-6-16(14-18)22(28)24-17-12-10-15(11-13-17)21-26-19-8-3-4-9-20(19)27-21/h3-14H,2H2,1H3,(H,24,28)(H,25,29)(H,26,27). The van der Waals surface area contributed by atoms with Gasteiger partial charge in [0.05, 0.1) is 17.6 Å². The van der Waals surface area contributed by atoms with Crippen molar-refractivity contribution < 1.29 is 14.3 Å². The van der Waals surface area contributed by atoms with Crippen LogP contribution in [0.25, 0.3) is 22.4 Å². The molecule has 2 amide bonds. The molecule has 7 nitrogen and oxygen atoms in total. The maximum atomic E-state index is 12.6. The number of aromatic amines is 1. The first-order valence-electron chi connectivity index (χ1n) is 9.53. The molecule has 0 saturated carbocycles. The molecule has 4 aromatic rings. The number of hydrogen-bond donors (Lipinski definition) is 3. The van der Waals surface area contributed by atoms with Crippen molar-refractivity contribution in [3.05, 3.63) is 78.4 Å². The highest BCUT2D eigenvalue weighted by Gasteiger charge is 2.10. The molecule has 0 saturated heterocycles. The number of para-hydroxylation sites is 2. The highest BCUT2D eigenvalue weighted by molar-refractivity contribution is 6.05. The van der Waals surface area contributed by atoms with Gasteiger partial charge in [0.15, 0.2) is 0 Å². The molecule has 0 aliphatic rings. The van der Waals surface area contributed by atoms with Gasteiger partial charge in [-0.05, 0) is 61.5 Å². The van der Waals surface area contributed by atoms with Crippen LogP contribution in [-0.4, -0.2) is 28.6 Å². The molecule has 4 rings (SSSR count). The Kier molecular flexibility index (Phi) is 5.43. The average Bonchev–Trinajstić information content (AvgIpc) is 3.19. The van der Waals surface area contributed by atoms with Crippen molar-refractivity contribution in [1.29, 1.82) is 0 Å². The van der Waals surface area contributed by atoms with Crippen molar-refractivity contribution in [3.63, 3.8) is 0 Å². The smallest absolute Gasteiger partial charge is 0.411 e. The van der Waals surface area contributed by atoms with E-state index in [0.29, 0.717) is 16.9 Å². The Hall–Kier alpha value is -4.13. The lowest BCUT2D eigenvalue weighted by molar-refractivity contribution is 0.102. The van der Waals surface area contributed by atoms with E-state index in [4.69, 9.17) is 4.74 Å². The number of benzene rings is 3.